The highest BCUT2D eigenvalue weighted by atomic mass is 35.5. The molecule has 21 heavy (non-hydrogen) atoms. The number of anilines is 1. The highest BCUT2D eigenvalue weighted by Gasteiger charge is 2.20. The van der Waals surface area contributed by atoms with Crippen molar-refractivity contribution >= 4 is 24.0 Å². The maximum atomic E-state index is 11.9. The van der Waals surface area contributed by atoms with Crippen LogP contribution < -0.4 is 11.1 Å². The van der Waals surface area contributed by atoms with Crippen molar-refractivity contribution in [3.63, 3.8) is 0 Å². The smallest absolute Gasteiger partial charge is 0.220 e. The normalized spacial score (nSPS) is 11.1. The molecule has 0 aliphatic carbocycles. The molecule has 0 fully saturated rings. The third-order valence-electron chi connectivity index (χ3n) is 3.40. The van der Waals surface area contributed by atoms with E-state index in [1.54, 1.807) is 0 Å². The predicted octanol–water partition coefficient (Wildman–Crippen LogP) is 3.81. The number of nitrogens with two attached hydrogens (primary N) is 1. The summed E-state index contributed by atoms with van der Waals surface area (Å²) >= 11 is 0. The lowest BCUT2D eigenvalue weighted by Gasteiger charge is -2.27. The molecule has 0 aliphatic heterocycles. The number of carbonyl (C=O) groups is 1. The summed E-state index contributed by atoms with van der Waals surface area (Å²) in [6.07, 6.45) is 2.30. The van der Waals surface area contributed by atoms with Crippen LogP contribution in [0.15, 0.2) is 24.3 Å². The van der Waals surface area contributed by atoms with Crippen molar-refractivity contribution in [1.82, 2.24) is 5.32 Å². The average Bonchev–Trinajstić information content (AvgIpc) is 2.34. The second kappa shape index (κ2) is 8.93. The fourth-order valence-electron chi connectivity index (χ4n) is 2.61. The number of halogens is 1. The molecule has 0 saturated heterocycles. The number of para-hydroxylation sites is 1. The van der Waals surface area contributed by atoms with Gasteiger partial charge < -0.3 is 11.1 Å². The molecule has 0 spiro atoms. The summed E-state index contributed by atoms with van der Waals surface area (Å²) in [5, 5.41) is 3.04. The first-order chi connectivity index (χ1) is 9.30. The number of benzene rings is 1. The van der Waals surface area contributed by atoms with Crippen molar-refractivity contribution < 1.29 is 4.79 Å². The van der Waals surface area contributed by atoms with E-state index in [1.807, 2.05) is 24.3 Å². The number of hydrogen-bond acceptors (Lipinski definition) is 2. The van der Waals surface area contributed by atoms with Gasteiger partial charge in [-0.05, 0) is 35.8 Å². The number of carbonyl (C=O) groups excluding carboxylic acids is 1. The summed E-state index contributed by atoms with van der Waals surface area (Å²) in [4.78, 5) is 11.9. The maximum Gasteiger partial charge on any atom is 0.220 e. The molecule has 0 saturated carbocycles. The molecule has 0 heterocycles. The number of nitrogens with one attached hydrogen (secondary N) is 1. The van der Waals surface area contributed by atoms with Gasteiger partial charge in [0, 0.05) is 18.7 Å². The molecule has 1 aromatic rings. The summed E-state index contributed by atoms with van der Waals surface area (Å²) < 4.78 is 0. The summed E-state index contributed by atoms with van der Waals surface area (Å²) in [6.45, 7) is 9.54. The first-order valence-electron chi connectivity index (χ1n) is 7.40. The summed E-state index contributed by atoms with van der Waals surface area (Å²) in [5.41, 5.74) is 7.83. The fourth-order valence-corrected chi connectivity index (χ4v) is 2.61. The van der Waals surface area contributed by atoms with Crippen LogP contribution in [0.4, 0.5) is 5.69 Å². The Morgan fingerprint density at radius 2 is 1.90 bits per heavy atom. The van der Waals surface area contributed by atoms with Crippen LogP contribution in [-0.4, -0.2) is 12.5 Å². The SMILES string of the molecule is CC(C)CC(C)(C)CNC(=O)CCc1ccccc1N.Cl. The number of hydrogen-bond donors (Lipinski definition) is 2. The van der Waals surface area contributed by atoms with Crippen LogP contribution in [0.1, 0.15) is 46.1 Å². The minimum atomic E-state index is 0. The van der Waals surface area contributed by atoms with Gasteiger partial charge in [-0.15, -0.1) is 12.4 Å². The van der Waals surface area contributed by atoms with Crippen LogP contribution in [0.5, 0.6) is 0 Å². The van der Waals surface area contributed by atoms with Gasteiger partial charge in [-0.25, -0.2) is 0 Å². The Labute approximate surface area is 135 Å². The van der Waals surface area contributed by atoms with Gasteiger partial charge in [0.25, 0.3) is 0 Å². The van der Waals surface area contributed by atoms with Crippen LogP contribution >= 0.6 is 12.4 Å². The van der Waals surface area contributed by atoms with E-state index in [0.717, 1.165) is 24.2 Å². The molecule has 0 atom stereocenters. The lowest BCUT2D eigenvalue weighted by Crippen LogP contribution is -2.34. The third-order valence-corrected chi connectivity index (χ3v) is 3.40. The maximum absolute atomic E-state index is 11.9. The van der Waals surface area contributed by atoms with Crippen LogP contribution in [0, 0.1) is 11.3 Å². The average molecular weight is 313 g/mol. The Kier molecular flexibility index (Phi) is 8.41. The van der Waals surface area contributed by atoms with Crippen LogP contribution in [0.3, 0.4) is 0 Å². The zero-order valence-corrected chi connectivity index (χ0v) is 14.4. The number of nitrogen functional groups attached to an aromatic ring is 1. The van der Waals surface area contributed by atoms with Crippen LogP contribution in [-0.2, 0) is 11.2 Å². The zero-order valence-electron chi connectivity index (χ0n) is 13.6. The van der Waals surface area contributed by atoms with Crippen LogP contribution in [0.2, 0.25) is 0 Å². The Hall–Kier alpha value is -1.22. The van der Waals surface area contributed by atoms with Crippen LogP contribution in [0.25, 0.3) is 0 Å². The first-order valence-corrected chi connectivity index (χ1v) is 7.40. The molecular formula is C17H29ClN2O. The van der Waals surface area contributed by atoms with Gasteiger partial charge in [-0.1, -0.05) is 45.9 Å². The van der Waals surface area contributed by atoms with Crippen molar-refractivity contribution in [3.8, 4) is 0 Å². The number of aryl methyl sites for hydroxylation is 1. The lowest BCUT2D eigenvalue weighted by atomic mass is 9.84. The largest absolute Gasteiger partial charge is 0.399 e. The van der Waals surface area contributed by atoms with Crippen molar-refractivity contribution in [2.45, 2.75) is 47.0 Å². The van der Waals surface area contributed by atoms with Gasteiger partial charge >= 0.3 is 0 Å². The predicted molar refractivity (Wildman–Crippen MR) is 92.7 cm³/mol. The highest BCUT2D eigenvalue weighted by molar-refractivity contribution is 5.85. The molecule has 4 heteroatoms. The van der Waals surface area contributed by atoms with Crippen molar-refractivity contribution in [2.24, 2.45) is 11.3 Å². The molecule has 1 rings (SSSR count). The molecule has 1 aromatic carbocycles. The Morgan fingerprint density at radius 3 is 2.48 bits per heavy atom. The quantitative estimate of drug-likeness (QED) is 0.752. The van der Waals surface area contributed by atoms with Crippen molar-refractivity contribution in [1.29, 1.82) is 0 Å². The summed E-state index contributed by atoms with van der Waals surface area (Å²) in [7, 11) is 0. The van der Waals surface area contributed by atoms with E-state index in [1.165, 1.54) is 0 Å². The van der Waals surface area contributed by atoms with Gasteiger partial charge in [-0.3, -0.25) is 4.79 Å². The lowest BCUT2D eigenvalue weighted by molar-refractivity contribution is -0.121. The van der Waals surface area contributed by atoms with E-state index in [9.17, 15) is 4.79 Å². The molecule has 120 valence electrons. The zero-order chi connectivity index (χ0) is 15.2. The van der Waals surface area contributed by atoms with Gasteiger partial charge in [0.05, 0.1) is 0 Å². The second-order valence-electron chi connectivity index (χ2n) is 6.74. The minimum absolute atomic E-state index is 0. The summed E-state index contributed by atoms with van der Waals surface area (Å²) in [6, 6.07) is 7.72. The van der Waals surface area contributed by atoms with E-state index in [-0.39, 0.29) is 23.7 Å². The van der Waals surface area contributed by atoms with E-state index in [4.69, 9.17) is 5.73 Å². The summed E-state index contributed by atoms with van der Waals surface area (Å²) in [5.74, 6) is 0.746. The fraction of sp³-hybridized carbons (Fsp3) is 0.588. The number of amides is 1. The van der Waals surface area contributed by atoms with Gasteiger partial charge in [0.15, 0.2) is 0 Å². The van der Waals surface area contributed by atoms with E-state index < -0.39 is 0 Å². The third kappa shape index (κ3) is 7.96. The Balaban J connectivity index is 0.00000400. The Morgan fingerprint density at radius 1 is 1.29 bits per heavy atom. The molecule has 3 nitrogen and oxygen atoms in total. The highest BCUT2D eigenvalue weighted by Crippen LogP contribution is 2.24. The van der Waals surface area contributed by atoms with E-state index in [2.05, 4.69) is 33.0 Å². The van der Waals surface area contributed by atoms with Crippen molar-refractivity contribution in [3.05, 3.63) is 29.8 Å². The monoisotopic (exact) mass is 312 g/mol. The van der Waals surface area contributed by atoms with Gasteiger partial charge in [-0.2, -0.15) is 0 Å². The van der Waals surface area contributed by atoms with E-state index >= 15 is 0 Å². The molecule has 0 radical (unpaired) electrons. The molecule has 1 amide bonds. The second-order valence-corrected chi connectivity index (χ2v) is 6.74. The molecule has 3 N–H and O–H groups in total. The van der Waals surface area contributed by atoms with Gasteiger partial charge in [0.1, 0.15) is 0 Å². The molecule has 0 aliphatic rings. The topological polar surface area (TPSA) is 55.1 Å². The van der Waals surface area contributed by atoms with Crippen molar-refractivity contribution in [2.75, 3.05) is 12.3 Å². The molecule has 0 bridgehead atoms. The molecular weight excluding hydrogens is 284 g/mol. The Bertz CT molecular complexity index is 444. The number of rotatable bonds is 7. The first kappa shape index (κ1) is 19.8. The molecule has 0 aromatic heterocycles. The standard InChI is InChI=1S/C17H28N2O.ClH/c1-13(2)11-17(3,4)12-19-16(20)10-9-14-7-5-6-8-15(14)18;/h5-8,13H,9-12,18H2,1-4H3,(H,19,20);1H. The molecule has 0 unspecified atom stereocenters. The minimum Gasteiger partial charge on any atom is -0.399 e. The van der Waals surface area contributed by atoms with E-state index in [0.29, 0.717) is 18.8 Å². The van der Waals surface area contributed by atoms with Gasteiger partial charge in [0.2, 0.25) is 5.91 Å².